The van der Waals surface area contributed by atoms with Crippen LogP contribution in [-0.2, 0) is 4.79 Å². The van der Waals surface area contributed by atoms with Crippen molar-refractivity contribution < 1.29 is 28.9 Å². The monoisotopic (exact) mass is 476 g/mol. The summed E-state index contributed by atoms with van der Waals surface area (Å²) in [5.74, 6) is 0.636. The average Bonchev–Trinajstić information content (AvgIpc) is 3.34. The number of carboxylic acid groups (broad SMARTS) is 1. The van der Waals surface area contributed by atoms with Crippen molar-refractivity contribution in [2.24, 2.45) is 0 Å². The van der Waals surface area contributed by atoms with E-state index in [9.17, 15) is 14.7 Å². The largest absolute Gasteiger partial charge is 0.493 e. The van der Waals surface area contributed by atoms with Crippen LogP contribution in [0.5, 0.6) is 17.2 Å². The normalized spacial score (nSPS) is 18.9. The lowest BCUT2D eigenvalue weighted by molar-refractivity contribution is -0.116. The smallest absolute Gasteiger partial charge is 0.336 e. The summed E-state index contributed by atoms with van der Waals surface area (Å²) in [5, 5.41) is 17.3. The van der Waals surface area contributed by atoms with Crippen LogP contribution in [0.2, 0.25) is 0 Å². The van der Waals surface area contributed by atoms with Crippen molar-refractivity contribution in [2.45, 2.75) is 24.8 Å². The quantitative estimate of drug-likeness (QED) is 0.550. The SMILES string of the molecule is COc1cc([C@@H]2CC(=O)C3=C(C2)Nc2ncnn2[C@H]3c2ccccc2C(=O)O)cc(OC)c1OC. The van der Waals surface area contributed by atoms with Crippen LogP contribution in [-0.4, -0.2) is 53.0 Å². The lowest BCUT2D eigenvalue weighted by Gasteiger charge is -2.35. The fourth-order valence-electron chi connectivity index (χ4n) is 4.94. The van der Waals surface area contributed by atoms with Crippen molar-refractivity contribution in [1.82, 2.24) is 14.8 Å². The molecule has 0 saturated heterocycles. The maximum atomic E-state index is 13.6. The Labute approximate surface area is 201 Å². The molecule has 0 unspecified atom stereocenters. The number of ketones is 1. The van der Waals surface area contributed by atoms with E-state index in [1.807, 2.05) is 12.1 Å². The number of nitrogens with one attached hydrogen (secondary N) is 1. The molecule has 0 radical (unpaired) electrons. The van der Waals surface area contributed by atoms with Crippen LogP contribution in [0.3, 0.4) is 0 Å². The number of ether oxygens (including phenoxy) is 3. The van der Waals surface area contributed by atoms with Crippen molar-refractivity contribution in [3.63, 3.8) is 0 Å². The number of aromatic carboxylic acids is 1. The lowest BCUT2D eigenvalue weighted by atomic mass is 9.77. The molecule has 2 heterocycles. The minimum absolute atomic E-state index is 0.0937. The Balaban J connectivity index is 1.61. The molecule has 0 amide bonds. The Morgan fingerprint density at radius 2 is 1.80 bits per heavy atom. The second kappa shape index (κ2) is 8.79. The zero-order chi connectivity index (χ0) is 24.7. The van der Waals surface area contributed by atoms with Gasteiger partial charge in [-0.25, -0.2) is 9.48 Å². The Hall–Kier alpha value is -4.34. The van der Waals surface area contributed by atoms with Gasteiger partial charge in [0.05, 0.1) is 26.9 Å². The number of nitrogens with zero attached hydrogens (tertiary/aromatic N) is 3. The molecule has 2 aromatic carbocycles. The van der Waals surface area contributed by atoms with Gasteiger partial charge in [-0.3, -0.25) is 4.79 Å². The Morgan fingerprint density at radius 3 is 2.46 bits per heavy atom. The van der Waals surface area contributed by atoms with Crippen LogP contribution in [0, 0.1) is 0 Å². The number of hydrogen-bond acceptors (Lipinski definition) is 8. The summed E-state index contributed by atoms with van der Waals surface area (Å²) in [6.45, 7) is 0. The first kappa shape index (κ1) is 22.5. The number of allylic oxidation sites excluding steroid dienone is 2. The van der Waals surface area contributed by atoms with Gasteiger partial charge in [0.15, 0.2) is 17.3 Å². The van der Waals surface area contributed by atoms with E-state index in [4.69, 9.17) is 14.2 Å². The third-order valence-corrected chi connectivity index (χ3v) is 6.51. The number of methoxy groups -OCH3 is 3. The summed E-state index contributed by atoms with van der Waals surface area (Å²) in [7, 11) is 4.64. The van der Waals surface area contributed by atoms with Crippen LogP contribution in [0.4, 0.5) is 5.95 Å². The van der Waals surface area contributed by atoms with Crippen molar-refractivity contribution >= 4 is 17.7 Å². The molecule has 10 heteroatoms. The number of benzene rings is 2. The van der Waals surface area contributed by atoms with Crippen LogP contribution in [0.1, 0.15) is 46.3 Å². The molecule has 2 atom stereocenters. The first-order valence-electron chi connectivity index (χ1n) is 11.0. The highest BCUT2D eigenvalue weighted by Gasteiger charge is 2.40. The third-order valence-electron chi connectivity index (χ3n) is 6.51. The number of carbonyl (C=O) groups excluding carboxylic acids is 1. The van der Waals surface area contributed by atoms with E-state index < -0.39 is 12.0 Å². The topological polar surface area (TPSA) is 125 Å². The number of aromatic nitrogens is 3. The molecule has 2 aliphatic rings. The van der Waals surface area contributed by atoms with E-state index in [1.165, 1.54) is 12.4 Å². The molecule has 1 aromatic heterocycles. The molecule has 35 heavy (non-hydrogen) atoms. The van der Waals surface area contributed by atoms with E-state index in [0.717, 1.165) is 5.56 Å². The van der Waals surface area contributed by atoms with E-state index in [0.29, 0.717) is 46.5 Å². The molecule has 0 bridgehead atoms. The summed E-state index contributed by atoms with van der Waals surface area (Å²) in [5.41, 5.74) is 2.68. The van der Waals surface area contributed by atoms with Crippen LogP contribution >= 0.6 is 0 Å². The van der Waals surface area contributed by atoms with Gasteiger partial charge in [0.2, 0.25) is 11.7 Å². The summed E-state index contributed by atoms with van der Waals surface area (Å²) < 4.78 is 18.0. The van der Waals surface area contributed by atoms with Crippen LogP contribution < -0.4 is 19.5 Å². The van der Waals surface area contributed by atoms with E-state index in [-0.39, 0.29) is 23.7 Å². The summed E-state index contributed by atoms with van der Waals surface area (Å²) in [6, 6.07) is 9.68. The highest BCUT2D eigenvalue weighted by molar-refractivity contribution is 6.01. The van der Waals surface area contributed by atoms with Gasteiger partial charge in [0.25, 0.3) is 0 Å². The molecule has 3 aromatic rings. The zero-order valence-corrected chi connectivity index (χ0v) is 19.4. The molecule has 5 rings (SSSR count). The molecule has 2 N–H and O–H groups in total. The maximum absolute atomic E-state index is 13.6. The van der Waals surface area contributed by atoms with Crippen molar-refractivity contribution in [3.8, 4) is 17.2 Å². The predicted octanol–water partition coefficient (Wildman–Crippen LogP) is 3.42. The minimum atomic E-state index is -1.07. The first-order chi connectivity index (χ1) is 17.0. The van der Waals surface area contributed by atoms with Crippen molar-refractivity contribution in [1.29, 1.82) is 0 Å². The molecule has 0 fully saturated rings. The standard InChI is InChI=1S/C25H24N4O6/c1-33-19-10-14(11-20(34-2)23(19)35-3)13-8-17-21(18(30)9-13)22(29-25(28-17)26-12-27-29)15-6-4-5-7-16(15)24(31)32/h4-7,10-13,22H,8-9H2,1-3H3,(H,31,32)(H,26,27,28)/t13-,22-/m0/s1. The number of anilines is 1. The summed E-state index contributed by atoms with van der Waals surface area (Å²) in [4.78, 5) is 29.9. The van der Waals surface area contributed by atoms with E-state index in [1.54, 1.807) is 44.2 Å². The van der Waals surface area contributed by atoms with Crippen molar-refractivity contribution in [3.05, 3.63) is 70.7 Å². The van der Waals surface area contributed by atoms with Gasteiger partial charge in [-0.05, 0) is 41.7 Å². The number of Topliss-reactive ketones (excluding diaryl/α,β-unsaturated/α-hetero) is 1. The Kier molecular flexibility index (Phi) is 5.64. The number of fused-ring (bicyclic) bond motifs is 1. The first-order valence-corrected chi connectivity index (χ1v) is 11.0. The highest BCUT2D eigenvalue weighted by atomic mass is 16.5. The van der Waals surface area contributed by atoms with Crippen molar-refractivity contribution in [2.75, 3.05) is 26.6 Å². The minimum Gasteiger partial charge on any atom is -0.493 e. The van der Waals surface area contributed by atoms with Crippen LogP contribution in [0.25, 0.3) is 0 Å². The summed E-state index contributed by atoms with van der Waals surface area (Å²) in [6.07, 6.45) is 2.13. The number of carbonyl (C=O) groups is 2. The molecule has 0 spiro atoms. The van der Waals surface area contributed by atoms with Gasteiger partial charge in [-0.1, -0.05) is 18.2 Å². The van der Waals surface area contributed by atoms with Gasteiger partial charge in [-0.15, -0.1) is 0 Å². The number of carboxylic acids is 1. The van der Waals surface area contributed by atoms with Gasteiger partial charge in [-0.2, -0.15) is 10.1 Å². The summed E-state index contributed by atoms with van der Waals surface area (Å²) >= 11 is 0. The fourth-order valence-corrected chi connectivity index (χ4v) is 4.94. The number of rotatable bonds is 6. The highest BCUT2D eigenvalue weighted by Crippen LogP contribution is 2.47. The van der Waals surface area contributed by atoms with Gasteiger partial charge in [0, 0.05) is 17.7 Å². The molecular weight excluding hydrogens is 452 g/mol. The van der Waals surface area contributed by atoms with Gasteiger partial charge < -0.3 is 24.6 Å². The average molecular weight is 476 g/mol. The second-order valence-corrected chi connectivity index (χ2v) is 8.33. The molecule has 1 aliphatic carbocycles. The molecular formula is C25H24N4O6. The number of hydrogen-bond donors (Lipinski definition) is 2. The zero-order valence-electron chi connectivity index (χ0n) is 19.4. The molecule has 180 valence electrons. The van der Waals surface area contributed by atoms with Gasteiger partial charge in [0.1, 0.15) is 12.4 Å². The second-order valence-electron chi connectivity index (χ2n) is 8.33. The third kappa shape index (κ3) is 3.67. The molecule has 10 nitrogen and oxygen atoms in total. The van der Waals surface area contributed by atoms with E-state index in [2.05, 4.69) is 15.4 Å². The molecule has 1 aliphatic heterocycles. The molecule has 0 saturated carbocycles. The fraction of sp³-hybridized carbons (Fsp3) is 0.280. The van der Waals surface area contributed by atoms with E-state index >= 15 is 0 Å². The van der Waals surface area contributed by atoms with Crippen LogP contribution in [0.15, 0.2) is 54.0 Å². The predicted molar refractivity (Wildman–Crippen MR) is 125 cm³/mol. The lowest BCUT2D eigenvalue weighted by Crippen LogP contribution is -2.34. The Morgan fingerprint density at radius 1 is 1.09 bits per heavy atom. The van der Waals surface area contributed by atoms with Gasteiger partial charge >= 0.3 is 5.97 Å². The Bertz CT molecular complexity index is 1340. The maximum Gasteiger partial charge on any atom is 0.336 e.